The van der Waals surface area contributed by atoms with Gasteiger partial charge in [0.1, 0.15) is 5.82 Å². The smallest absolute Gasteiger partial charge is 0.371 e. The maximum absolute atomic E-state index is 13.2. The second-order valence-electron chi connectivity index (χ2n) is 4.71. The van der Waals surface area contributed by atoms with Gasteiger partial charge in [0.2, 0.25) is 0 Å². The first-order valence-corrected chi connectivity index (χ1v) is 6.21. The van der Waals surface area contributed by atoms with Crippen molar-refractivity contribution in [2.45, 2.75) is 25.1 Å². The maximum atomic E-state index is 13.2. The van der Waals surface area contributed by atoms with Crippen molar-refractivity contribution in [1.29, 1.82) is 0 Å². The van der Waals surface area contributed by atoms with Crippen LogP contribution in [-0.2, 0) is 6.18 Å². The molecule has 19 heavy (non-hydrogen) atoms. The van der Waals surface area contributed by atoms with Gasteiger partial charge in [-0.05, 0) is 38.1 Å². The third kappa shape index (κ3) is 3.18. The van der Waals surface area contributed by atoms with E-state index >= 15 is 0 Å². The molecule has 0 aliphatic carbocycles. The Kier molecular flexibility index (Phi) is 3.99. The molecule has 1 aliphatic rings. The van der Waals surface area contributed by atoms with E-state index in [-0.39, 0.29) is 0 Å². The van der Waals surface area contributed by atoms with Crippen molar-refractivity contribution in [3.05, 3.63) is 29.6 Å². The van der Waals surface area contributed by atoms with Gasteiger partial charge in [0, 0.05) is 24.8 Å². The van der Waals surface area contributed by atoms with Gasteiger partial charge in [-0.15, -0.1) is 0 Å². The molecule has 0 aromatic heterocycles. The van der Waals surface area contributed by atoms with Gasteiger partial charge in [0.15, 0.2) is 0 Å². The van der Waals surface area contributed by atoms with Gasteiger partial charge >= 0.3 is 6.18 Å². The number of hydrogen-bond donors (Lipinski definition) is 1. The van der Waals surface area contributed by atoms with E-state index in [0.717, 1.165) is 25.0 Å². The third-order valence-electron chi connectivity index (χ3n) is 3.52. The lowest BCUT2D eigenvalue weighted by atomic mass is 10.0. The second kappa shape index (κ2) is 5.36. The van der Waals surface area contributed by atoms with E-state index in [1.165, 1.54) is 6.07 Å². The van der Waals surface area contributed by atoms with E-state index in [0.29, 0.717) is 24.8 Å². The summed E-state index contributed by atoms with van der Waals surface area (Å²) in [4.78, 5) is 1.86. The van der Waals surface area contributed by atoms with E-state index in [2.05, 4.69) is 5.32 Å². The van der Waals surface area contributed by atoms with Crippen LogP contribution in [0.5, 0.6) is 0 Å². The maximum Gasteiger partial charge on any atom is 0.419 e. The summed E-state index contributed by atoms with van der Waals surface area (Å²) in [5, 5.41) is 3.15. The number of benzene rings is 1. The quantitative estimate of drug-likeness (QED) is 0.835. The Morgan fingerprint density at radius 1 is 1.21 bits per heavy atom. The molecule has 106 valence electrons. The molecule has 1 aromatic carbocycles. The average molecular weight is 276 g/mol. The Morgan fingerprint density at radius 3 is 2.37 bits per heavy atom. The van der Waals surface area contributed by atoms with Gasteiger partial charge in [-0.3, -0.25) is 0 Å². The van der Waals surface area contributed by atoms with E-state index < -0.39 is 17.6 Å². The van der Waals surface area contributed by atoms with Crippen LogP contribution >= 0.6 is 0 Å². The Bertz CT molecular complexity index is 437. The zero-order valence-electron chi connectivity index (χ0n) is 10.6. The molecule has 0 atom stereocenters. The Morgan fingerprint density at radius 2 is 1.84 bits per heavy atom. The summed E-state index contributed by atoms with van der Waals surface area (Å²) in [5.41, 5.74) is -0.760. The van der Waals surface area contributed by atoms with E-state index in [4.69, 9.17) is 0 Å². The summed E-state index contributed by atoms with van der Waals surface area (Å²) in [5.74, 6) is -1.22. The highest BCUT2D eigenvalue weighted by atomic mass is 19.4. The first-order valence-electron chi connectivity index (χ1n) is 6.21. The van der Waals surface area contributed by atoms with Gasteiger partial charge in [-0.2, -0.15) is 13.2 Å². The van der Waals surface area contributed by atoms with Crippen molar-refractivity contribution in [2.75, 3.05) is 25.0 Å². The average Bonchev–Trinajstić information content (AvgIpc) is 2.38. The fraction of sp³-hybridized carbons (Fsp3) is 0.538. The number of rotatable bonds is 2. The molecule has 6 heteroatoms. The molecular formula is C13H16F4N2. The summed E-state index contributed by atoms with van der Waals surface area (Å²) in [6.45, 7) is 1.35. The minimum Gasteiger partial charge on any atom is -0.371 e. The zero-order valence-corrected chi connectivity index (χ0v) is 10.6. The first kappa shape index (κ1) is 14.1. The standard InChI is InChI=1S/C13H16F4N2/c1-18-9-4-6-19(7-5-9)10-2-3-12(14)11(8-10)13(15,16)17/h2-3,8-9,18H,4-7H2,1H3. The highest BCUT2D eigenvalue weighted by molar-refractivity contribution is 5.50. The fourth-order valence-electron chi connectivity index (χ4n) is 2.35. The second-order valence-corrected chi connectivity index (χ2v) is 4.71. The lowest BCUT2D eigenvalue weighted by Crippen LogP contribution is -2.41. The van der Waals surface area contributed by atoms with Crippen LogP contribution in [0.2, 0.25) is 0 Å². The molecule has 1 N–H and O–H groups in total. The molecule has 1 fully saturated rings. The minimum atomic E-state index is -4.65. The monoisotopic (exact) mass is 276 g/mol. The van der Waals surface area contributed by atoms with Crippen LogP contribution < -0.4 is 10.2 Å². The summed E-state index contributed by atoms with van der Waals surface area (Å²) < 4.78 is 51.1. The van der Waals surface area contributed by atoms with Crippen molar-refractivity contribution in [3.8, 4) is 0 Å². The third-order valence-corrected chi connectivity index (χ3v) is 3.52. The van der Waals surface area contributed by atoms with E-state index in [9.17, 15) is 17.6 Å². The molecule has 1 aromatic rings. The van der Waals surface area contributed by atoms with Crippen molar-refractivity contribution < 1.29 is 17.6 Å². The number of nitrogens with zero attached hydrogens (tertiary/aromatic N) is 1. The van der Waals surface area contributed by atoms with Crippen LogP contribution in [-0.4, -0.2) is 26.2 Å². The predicted molar refractivity (Wildman–Crippen MR) is 65.7 cm³/mol. The Balaban J connectivity index is 2.18. The molecule has 1 aliphatic heterocycles. The normalized spacial score (nSPS) is 17.8. The number of hydrogen-bond acceptors (Lipinski definition) is 2. The van der Waals surface area contributed by atoms with Crippen LogP contribution in [0, 0.1) is 5.82 Å². The van der Waals surface area contributed by atoms with Gasteiger partial charge in [-0.25, -0.2) is 4.39 Å². The van der Waals surface area contributed by atoms with Gasteiger partial charge in [0.05, 0.1) is 5.56 Å². The molecule has 0 radical (unpaired) electrons. The lowest BCUT2D eigenvalue weighted by Gasteiger charge is -2.33. The molecule has 1 saturated heterocycles. The van der Waals surface area contributed by atoms with E-state index in [1.807, 2.05) is 11.9 Å². The van der Waals surface area contributed by atoms with Crippen LogP contribution in [0.1, 0.15) is 18.4 Å². The topological polar surface area (TPSA) is 15.3 Å². The molecule has 0 bridgehead atoms. The highest BCUT2D eigenvalue weighted by Crippen LogP contribution is 2.34. The van der Waals surface area contributed by atoms with Crippen molar-refractivity contribution in [3.63, 3.8) is 0 Å². The predicted octanol–water partition coefficient (Wildman–Crippen LogP) is 3.03. The van der Waals surface area contributed by atoms with Crippen molar-refractivity contribution in [1.82, 2.24) is 5.32 Å². The summed E-state index contributed by atoms with van der Waals surface area (Å²) in [6, 6.07) is 3.60. The van der Waals surface area contributed by atoms with E-state index in [1.54, 1.807) is 0 Å². The Hall–Kier alpha value is -1.30. The van der Waals surface area contributed by atoms with Crippen molar-refractivity contribution >= 4 is 5.69 Å². The number of nitrogens with one attached hydrogen (secondary N) is 1. The molecule has 2 rings (SSSR count). The molecule has 0 unspecified atom stereocenters. The van der Waals surface area contributed by atoms with Gasteiger partial charge < -0.3 is 10.2 Å². The Labute approximate surface area is 109 Å². The number of halogens is 4. The fourth-order valence-corrected chi connectivity index (χ4v) is 2.35. The minimum absolute atomic E-state index is 0.402. The van der Waals surface area contributed by atoms with Crippen LogP contribution in [0.3, 0.4) is 0 Å². The van der Waals surface area contributed by atoms with Crippen LogP contribution in [0.25, 0.3) is 0 Å². The molecule has 0 amide bonds. The SMILES string of the molecule is CNC1CCN(c2ccc(F)c(C(F)(F)F)c2)CC1. The van der Waals surface area contributed by atoms with Gasteiger partial charge in [0.25, 0.3) is 0 Å². The molecular weight excluding hydrogens is 260 g/mol. The van der Waals surface area contributed by atoms with Gasteiger partial charge in [-0.1, -0.05) is 0 Å². The summed E-state index contributed by atoms with van der Waals surface area (Å²) in [7, 11) is 1.87. The van der Waals surface area contributed by atoms with Crippen molar-refractivity contribution in [2.24, 2.45) is 0 Å². The number of piperidine rings is 1. The summed E-state index contributed by atoms with van der Waals surface area (Å²) in [6.07, 6.45) is -2.91. The molecule has 1 heterocycles. The first-order chi connectivity index (χ1) is 8.91. The summed E-state index contributed by atoms with van der Waals surface area (Å²) >= 11 is 0. The lowest BCUT2D eigenvalue weighted by molar-refractivity contribution is -0.139. The largest absolute Gasteiger partial charge is 0.419 e. The number of alkyl halides is 3. The highest BCUT2D eigenvalue weighted by Gasteiger charge is 2.34. The van der Waals surface area contributed by atoms with Crippen LogP contribution in [0.15, 0.2) is 18.2 Å². The molecule has 0 spiro atoms. The number of anilines is 1. The van der Waals surface area contributed by atoms with Crippen LogP contribution in [0.4, 0.5) is 23.2 Å². The molecule has 2 nitrogen and oxygen atoms in total. The zero-order chi connectivity index (χ0) is 14.0. The molecule has 0 saturated carbocycles.